The lowest BCUT2D eigenvalue weighted by molar-refractivity contribution is 0.670. The SMILES string of the molecule is c1ccc(-c2cccc(-c3cccc(N(c4ccc5c(c4)sc4cc(-c6ccccc6)ccc45)c4ccc(-c5ccccc5)c5oc6cc(-c7ccccc7)ccc6c45)c3)c2)cc1. The summed E-state index contributed by atoms with van der Waals surface area (Å²) in [4.78, 5) is 2.43. The van der Waals surface area contributed by atoms with Gasteiger partial charge in [-0.2, -0.15) is 0 Å². The first-order chi connectivity index (χ1) is 31.2. The summed E-state index contributed by atoms with van der Waals surface area (Å²) >= 11 is 1.85. The normalized spacial score (nSPS) is 11.5. The van der Waals surface area contributed by atoms with Crippen molar-refractivity contribution in [3.63, 3.8) is 0 Å². The van der Waals surface area contributed by atoms with Crippen molar-refractivity contribution < 1.29 is 4.42 Å². The van der Waals surface area contributed by atoms with Crippen LogP contribution in [0.25, 0.3) is 97.7 Å². The molecule has 0 N–H and O–H groups in total. The van der Waals surface area contributed by atoms with Gasteiger partial charge in [0.15, 0.2) is 0 Å². The van der Waals surface area contributed by atoms with Crippen LogP contribution in [0, 0.1) is 0 Å². The van der Waals surface area contributed by atoms with E-state index in [1.165, 1.54) is 48.0 Å². The smallest absolute Gasteiger partial charge is 0.145 e. The predicted octanol–water partition coefficient (Wildman–Crippen LogP) is 17.8. The zero-order valence-electron chi connectivity index (χ0n) is 34.3. The highest BCUT2D eigenvalue weighted by molar-refractivity contribution is 7.25. The van der Waals surface area contributed by atoms with E-state index >= 15 is 0 Å². The van der Waals surface area contributed by atoms with Gasteiger partial charge in [-0.05, 0) is 111 Å². The molecule has 63 heavy (non-hydrogen) atoms. The van der Waals surface area contributed by atoms with Crippen LogP contribution in [0.3, 0.4) is 0 Å². The number of fused-ring (bicyclic) bond motifs is 6. The first-order valence-electron chi connectivity index (χ1n) is 21.4. The number of thiophene rings is 1. The van der Waals surface area contributed by atoms with Gasteiger partial charge in [-0.1, -0.05) is 176 Å². The van der Waals surface area contributed by atoms with Crippen LogP contribution in [0.15, 0.2) is 241 Å². The van der Waals surface area contributed by atoms with E-state index < -0.39 is 0 Å². The Morgan fingerprint density at radius 1 is 0.317 bits per heavy atom. The predicted molar refractivity (Wildman–Crippen MR) is 268 cm³/mol. The molecule has 2 aromatic heterocycles. The minimum Gasteiger partial charge on any atom is -0.455 e. The minimum atomic E-state index is 0.858. The summed E-state index contributed by atoms with van der Waals surface area (Å²) < 4.78 is 9.56. The topological polar surface area (TPSA) is 16.4 Å². The fourth-order valence-corrected chi connectivity index (χ4v) is 10.4. The summed E-state index contributed by atoms with van der Waals surface area (Å²) in [7, 11) is 0. The molecular formula is C60H39NOS. The van der Waals surface area contributed by atoms with E-state index in [1.807, 2.05) is 11.3 Å². The van der Waals surface area contributed by atoms with Gasteiger partial charge in [-0.25, -0.2) is 0 Å². The lowest BCUT2D eigenvalue weighted by Crippen LogP contribution is -2.10. The van der Waals surface area contributed by atoms with Crippen LogP contribution < -0.4 is 4.90 Å². The van der Waals surface area contributed by atoms with Gasteiger partial charge in [0.1, 0.15) is 11.2 Å². The fourth-order valence-electron chi connectivity index (χ4n) is 9.18. The van der Waals surface area contributed by atoms with Gasteiger partial charge in [-0.15, -0.1) is 11.3 Å². The standard InChI is InChI=1S/C60H39NOS/c1-5-15-40(16-6-1)44-23-13-24-45(35-44)46-25-14-26-49(36-46)61(50-29-32-53-52-30-27-48(42-19-9-3-10-20-42)38-57(52)63-58(53)39-50)55-34-33-51(43-21-11-4-12-22-43)60-59(55)54-31-28-47(37-56(54)62-60)41-17-7-2-8-18-41/h1-39H. The Bertz CT molecular complexity index is 3610. The van der Waals surface area contributed by atoms with Crippen molar-refractivity contribution in [1.29, 1.82) is 0 Å². The lowest BCUT2D eigenvalue weighted by Gasteiger charge is -2.27. The Balaban J connectivity index is 1.08. The molecule has 0 aliphatic carbocycles. The molecule has 0 spiro atoms. The van der Waals surface area contributed by atoms with Crippen molar-refractivity contribution in [3.8, 4) is 55.6 Å². The van der Waals surface area contributed by atoms with E-state index in [0.717, 1.165) is 66.8 Å². The zero-order valence-corrected chi connectivity index (χ0v) is 35.1. The molecule has 0 bridgehead atoms. The first kappa shape index (κ1) is 36.8. The van der Waals surface area contributed by atoms with E-state index in [2.05, 4.69) is 241 Å². The molecule has 0 saturated carbocycles. The molecule has 12 aromatic rings. The molecule has 10 aromatic carbocycles. The second kappa shape index (κ2) is 15.5. The molecule has 2 nitrogen and oxygen atoms in total. The maximum absolute atomic E-state index is 7.04. The third-order valence-corrected chi connectivity index (χ3v) is 13.4. The Morgan fingerprint density at radius 2 is 0.794 bits per heavy atom. The average molecular weight is 822 g/mol. The molecule has 3 heteroatoms. The molecule has 0 aliphatic heterocycles. The number of benzene rings is 10. The Kier molecular flexibility index (Phi) is 9.06. The largest absolute Gasteiger partial charge is 0.455 e. The van der Waals surface area contributed by atoms with E-state index in [4.69, 9.17) is 4.42 Å². The van der Waals surface area contributed by atoms with Gasteiger partial charge in [0, 0.05) is 42.5 Å². The van der Waals surface area contributed by atoms with Gasteiger partial charge >= 0.3 is 0 Å². The van der Waals surface area contributed by atoms with Crippen molar-refractivity contribution in [2.24, 2.45) is 0 Å². The quantitative estimate of drug-likeness (QED) is 0.152. The van der Waals surface area contributed by atoms with E-state index in [-0.39, 0.29) is 0 Å². The number of rotatable bonds is 8. The van der Waals surface area contributed by atoms with Gasteiger partial charge in [0.05, 0.1) is 11.1 Å². The number of hydrogen-bond acceptors (Lipinski definition) is 3. The summed E-state index contributed by atoms with van der Waals surface area (Å²) in [5.74, 6) is 0. The van der Waals surface area contributed by atoms with Crippen molar-refractivity contribution in [2.75, 3.05) is 4.90 Å². The summed E-state index contributed by atoms with van der Waals surface area (Å²) in [6.07, 6.45) is 0. The van der Waals surface area contributed by atoms with Crippen LogP contribution in [-0.4, -0.2) is 0 Å². The zero-order chi connectivity index (χ0) is 41.7. The Labute approximate surface area is 370 Å². The molecule has 0 radical (unpaired) electrons. The Morgan fingerprint density at radius 3 is 1.44 bits per heavy atom. The molecular weight excluding hydrogens is 783 g/mol. The van der Waals surface area contributed by atoms with Crippen LogP contribution in [0.5, 0.6) is 0 Å². The molecule has 12 rings (SSSR count). The van der Waals surface area contributed by atoms with Crippen molar-refractivity contribution >= 4 is 70.5 Å². The highest BCUT2D eigenvalue weighted by atomic mass is 32.1. The summed E-state index contributed by atoms with van der Waals surface area (Å²) in [5.41, 5.74) is 16.5. The van der Waals surface area contributed by atoms with Crippen LogP contribution in [0.1, 0.15) is 0 Å². The average Bonchev–Trinajstić information content (AvgIpc) is 3.93. The molecule has 0 fully saturated rings. The fraction of sp³-hybridized carbons (Fsp3) is 0. The number of hydrogen-bond donors (Lipinski definition) is 0. The monoisotopic (exact) mass is 821 g/mol. The third-order valence-electron chi connectivity index (χ3n) is 12.3. The highest BCUT2D eigenvalue weighted by Crippen LogP contribution is 2.48. The minimum absolute atomic E-state index is 0.858. The van der Waals surface area contributed by atoms with E-state index in [0.29, 0.717) is 0 Å². The van der Waals surface area contributed by atoms with Gasteiger partial charge in [-0.3, -0.25) is 0 Å². The second-order valence-corrected chi connectivity index (χ2v) is 17.2. The molecule has 0 unspecified atom stereocenters. The van der Waals surface area contributed by atoms with Crippen molar-refractivity contribution in [2.45, 2.75) is 0 Å². The first-order valence-corrected chi connectivity index (χ1v) is 22.2. The molecule has 296 valence electrons. The number of nitrogens with zero attached hydrogens (tertiary/aromatic N) is 1. The van der Waals surface area contributed by atoms with E-state index in [1.54, 1.807) is 0 Å². The third kappa shape index (κ3) is 6.67. The number of furan rings is 1. The highest BCUT2D eigenvalue weighted by Gasteiger charge is 2.24. The molecule has 0 atom stereocenters. The maximum atomic E-state index is 7.04. The van der Waals surface area contributed by atoms with Crippen LogP contribution >= 0.6 is 11.3 Å². The van der Waals surface area contributed by atoms with Crippen LogP contribution in [0.4, 0.5) is 17.1 Å². The number of anilines is 3. The maximum Gasteiger partial charge on any atom is 0.145 e. The molecule has 0 saturated heterocycles. The summed E-state index contributed by atoms with van der Waals surface area (Å²) in [5, 5.41) is 4.69. The van der Waals surface area contributed by atoms with Gasteiger partial charge in [0.2, 0.25) is 0 Å². The lowest BCUT2D eigenvalue weighted by atomic mass is 9.97. The van der Waals surface area contributed by atoms with Crippen LogP contribution in [-0.2, 0) is 0 Å². The molecule has 0 aliphatic rings. The van der Waals surface area contributed by atoms with Crippen molar-refractivity contribution in [3.05, 3.63) is 237 Å². The second-order valence-electron chi connectivity index (χ2n) is 16.1. The Hall–Kier alpha value is -7.98. The summed E-state index contributed by atoms with van der Waals surface area (Å²) in [6, 6.07) is 85.3. The van der Waals surface area contributed by atoms with E-state index in [9.17, 15) is 0 Å². The van der Waals surface area contributed by atoms with Crippen LogP contribution in [0.2, 0.25) is 0 Å². The van der Waals surface area contributed by atoms with Gasteiger partial charge in [0.25, 0.3) is 0 Å². The molecule has 2 heterocycles. The van der Waals surface area contributed by atoms with Crippen molar-refractivity contribution in [1.82, 2.24) is 0 Å². The van der Waals surface area contributed by atoms with Gasteiger partial charge < -0.3 is 9.32 Å². The molecule has 0 amide bonds. The summed E-state index contributed by atoms with van der Waals surface area (Å²) in [6.45, 7) is 0.